The molecule has 2 rings (SSSR count). The Hall–Kier alpha value is -3.14. The average Bonchev–Trinajstić information content (AvgIpc) is 3.11. The fraction of sp³-hybridized carbons (Fsp3) is 0.444. The van der Waals surface area contributed by atoms with Gasteiger partial charge >= 0.3 is 11.9 Å². The Kier molecular flexibility index (Phi) is 6.94. The van der Waals surface area contributed by atoms with Crippen molar-refractivity contribution in [2.75, 3.05) is 6.54 Å². The summed E-state index contributed by atoms with van der Waals surface area (Å²) in [4.78, 5) is 48.6. The van der Waals surface area contributed by atoms with Crippen LogP contribution in [0.1, 0.15) is 24.8 Å². The minimum atomic E-state index is -1.35. The van der Waals surface area contributed by atoms with E-state index in [1.807, 2.05) is 0 Å². The minimum Gasteiger partial charge on any atom is -0.508 e. The van der Waals surface area contributed by atoms with Crippen molar-refractivity contribution in [1.82, 2.24) is 10.2 Å². The smallest absolute Gasteiger partial charge is 0.326 e. The van der Waals surface area contributed by atoms with Gasteiger partial charge < -0.3 is 31.3 Å². The van der Waals surface area contributed by atoms with E-state index in [1.54, 1.807) is 12.1 Å². The van der Waals surface area contributed by atoms with Crippen molar-refractivity contribution in [3.05, 3.63) is 29.8 Å². The van der Waals surface area contributed by atoms with Crippen LogP contribution in [0.25, 0.3) is 0 Å². The molecule has 0 radical (unpaired) electrons. The lowest BCUT2D eigenvalue weighted by Gasteiger charge is -2.28. The standard InChI is InChI=1S/C18H23N3O7/c19-12(9-15(23)24)16(25)20-13(8-10-3-5-11(22)6-4-10)17(26)21-7-1-2-14(21)18(27)28/h3-6,12-14,22H,1-2,7-9,19H2,(H,20,25)(H,23,24)(H,27,28). The third-order valence-electron chi connectivity index (χ3n) is 4.54. The molecular formula is C18H23N3O7. The minimum absolute atomic E-state index is 0.0321. The number of carbonyl (C=O) groups excluding carboxylic acids is 2. The van der Waals surface area contributed by atoms with Gasteiger partial charge in [-0.05, 0) is 30.5 Å². The average molecular weight is 393 g/mol. The number of phenols is 1. The summed E-state index contributed by atoms with van der Waals surface area (Å²) in [5.41, 5.74) is 6.18. The molecule has 28 heavy (non-hydrogen) atoms. The van der Waals surface area contributed by atoms with Crippen molar-refractivity contribution in [2.45, 2.75) is 43.8 Å². The molecule has 1 saturated heterocycles. The van der Waals surface area contributed by atoms with Crippen LogP contribution >= 0.6 is 0 Å². The predicted molar refractivity (Wildman–Crippen MR) is 96.3 cm³/mol. The highest BCUT2D eigenvalue weighted by Gasteiger charge is 2.38. The highest BCUT2D eigenvalue weighted by Crippen LogP contribution is 2.20. The molecule has 1 aliphatic heterocycles. The Morgan fingerprint density at radius 1 is 1.18 bits per heavy atom. The molecule has 0 aromatic heterocycles. The van der Waals surface area contributed by atoms with Crippen LogP contribution in [0.3, 0.4) is 0 Å². The zero-order valence-electron chi connectivity index (χ0n) is 15.1. The molecule has 0 aliphatic carbocycles. The maximum atomic E-state index is 13.0. The molecule has 0 saturated carbocycles. The first kappa shape index (κ1) is 21.2. The quantitative estimate of drug-likeness (QED) is 0.386. The summed E-state index contributed by atoms with van der Waals surface area (Å²) in [6.07, 6.45) is 0.279. The summed E-state index contributed by atoms with van der Waals surface area (Å²) in [6.45, 7) is 0.249. The van der Waals surface area contributed by atoms with Gasteiger partial charge in [0.1, 0.15) is 17.8 Å². The Bertz CT molecular complexity index is 750. The van der Waals surface area contributed by atoms with Gasteiger partial charge in [-0.15, -0.1) is 0 Å². The number of nitrogens with two attached hydrogens (primary N) is 1. The van der Waals surface area contributed by atoms with Gasteiger partial charge in [-0.2, -0.15) is 0 Å². The van der Waals surface area contributed by atoms with E-state index in [0.717, 1.165) is 0 Å². The van der Waals surface area contributed by atoms with E-state index in [2.05, 4.69) is 5.32 Å². The molecule has 6 N–H and O–H groups in total. The van der Waals surface area contributed by atoms with Gasteiger partial charge in [-0.1, -0.05) is 12.1 Å². The lowest BCUT2D eigenvalue weighted by atomic mass is 10.0. The van der Waals surface area contributed by atoms with Crippen LogP contribution in [0, 0.1) is 0 Å². The number of nitrogens with one attached hydrogen (secondary N) is 1. The second kappa shape index (κ2) is 9.18. The molecule has 3 atom stereocenters. The van der Waals surface area contributed by atoms with Crippen molar-refractivity contribution in [3.63, 3.8) is 0 Å². The van der Waals surface area contributed by atoms with Gasteiger partial charge in [0.2, 0.25) is 11.8 Å². The first-order valence-electron chi connectivity index (χ1n) is 8.78. The van der Waals surface area contributed by atoms with E-state index in [1.165, 1.54) is 17.0 Å². The van der Waals surface area contributed by atoms with Gasteiger partial charge in [-0.25, -0.2) is 4.79 Å². The number of rotatable bonds is 8. The van der Waals surface area contributed by atoms with Crippen LogP contribution in [0.15, 0.2) is 24.3 Å². The number of benzene rings is 1. The molecule has 0 spiro atoms. The normalized spacial score (nSPS) is 18.3. The van der Waals surface area contributed by atoms with E-state index in [0.29, 0.717) is 18.4 Å². The SMILES string of the molecule is NC(CC(=O)O)C(=O)NC(Cc1ccc(O)cc1)C(=O)N1CCCC1C(=O)O. The number of hydrogen-bond acceptors (Lipinski definition) is 6. The number of carboxylic acid groups (broad SMARTS) is 2. The van der Waals surface area contributed by atoms with Gasteiger partial charge in [0.25, 0.3) is 0 Å². The third-order valence-corrected chi connectivity index (χ3v) is 4.54. The second-order valence-electron chi connectivity index (χ2n) is 6.66. The zero-order valence-corrected chi connectivity index (χ0v) is 15.1. The molecule has 1 aliphatic rings. The fourth-order valence-electron chi connectivity index (χ4n) is 3.11. The van der Waals surface area contributed by atoms with Crippen molar-refractivity contribution >= 4 is 23.8 Å². The number of aliphatic carboxylic acids is 2. The Balaban J connectivity index is 2.20. The van der Waals surface area contributed by atoms with E-state index < -0.39 is 48.3 Å². The molecule has 1 aromatic rings. The van der Waals surface area contributed by atoms with Crippen LogP contribution in [-0.4, -0.2) is 68.6 Å². The van der Waals surface area contributed by atoms with E-state index in [9.17, 15) is 29.4 Å². The van der Waals surface area contributed by atoms with E-state index in [4.69, 9.17) is 10.8 Å². The molecular weight excluding hydrogens is 370 g/mol. The number of nitrogens with zero attached hydrogens (tertiary/aromatic N) is 1. The highest BCUT2D eigenvalue weighted by atomic mass is 16.4. The Morgan fingerprint density at radius 2 is 1.82 bits per heavy atom. The maximum absolute atomic E-state index is 13.0. The van der Waals surface area contributed by atoms with Gasteiger partial charge in [-0.3, -0.25) is 14.4 Å². The zero-order chi connectivity index (χ0) is 20.8. The van der Waals surface area contributed by atoms with Gasteiger partial charge in [0.05, 0.1) is 12.5 Å². The molecule has 10 nitrogen and oxygen atoms in total. The number of carbonyl (C=O) groups is 4. The Morgan fingerprint density at radius 3 is 2.39 bits per heavy atom. The van der Waals surface area contributed by atoms with Crippen molar-refractivity contribution in [2.24, 2.45) is 5.73 Å². The van der Waals surface area contributed by atoms with Crippen LogP contribution in [0.2, 0.25) is 0 Å². The first-order chi connectivity index (χ1) is 13.2. The van der Waals surface area contributed by atoms with E-state index in [-0.39, 0.29) is 18.7 Å². The summed E-state index contributed by atoms with van der Waals surface area (Å²) < 4.78 is 0. The Labute approximate surface area is 160 Å². The molecule has 0 bridgehead atoms. The molecule has 1 fully saturated rings. The third kappa shape index (κ3) is 5.43. The van der Waals surface area contributed by atoms with Crippen molar-refractivity contribution in [3.8, 4) is 5.75 Å². The molecule has 1 aromatic carbocycles. The molecule has 2 amide bonds. The molecule has 3 unspecified atom stereocenters. The summed E-state index contributed by atoms with van der Waals surface area (Å²) in [5.74, 6) is -3.73. The highest BCUT2D eigenvalue weighted by molar-refractivity contribution is 5.93. The summed E-state index contributed by atoms with van der Waals surface area (Å²) >= 11 is 0. The lowest BCUT2D eigenvalue weighted by molar-refractivity contribution is -0.149. The molecule has 152 valence electrons. The van der Waals surface area contributed by atoms with Crippen LogP contribution in [-0.2, 0) is 25.6 Å². The maximum Gasteiger partial charge on any atom is 0.326 e. The lowest BCUT2D eigenvalue weighted by Crippen LogP contribution is -2.55. The second-order valence-corrected chi connectivity index (χ2v) is 6.66. The van der Waals surface area contributed by atoms with Crippen molar-refractivity contribution < 1.29 is 34.5 Å². The van der Waals surface area contributed by atoms with Crippen LogP contribution in [0.4, 0.5) is 0 Å². The van der Waals surface area contributed by atoms with E-state index >= 15 is 0 Å². The van der Waals surface area contributed by atoms with Gasteiger partial charge in [0.15, 0.2) is 0 Å². The largest absolute Gasteiger partial charge is 0.508 e. The van der Waals surface area contributed by atoms with Crippen LogP contribution in [0.5, 0.6) is 5.75 Å². The first-order valence-corrected chi connectivity index (χ1v) is 8.78. The monoisotopic (exact) mass is 393 g/mol. The van der Waals surface area contributed by atoms with Crippen LogP contribution < -0.4 is 11.1 Å². The predicted octanol–water partition coefficient (Wildman–Crippen LogP) is -0.703. The molecule has 10 heteroatoms. The van der Waals surface area contributed by atoms with Gasteiger partial charge in [0, 0.05) is 13.0 Å². The summed E-state index contributed by atoms with van der Waals surface area (Å²) in [5, 5.41) is 29.9. The number of hydrogen-bond donors (Lipinski definition) is 5. The summed E-state index contributed by atoms with van der Waals surface area (Å²) in [6, 6.07) is 2.54. The number of aromatic hydroxyl groups is 1. The van der Waals surface area contributed by atoms with Crippen molar-refractivity contribution in [1.29, 1.82) is 0 Å². The topological polar surface area (TPSA) is 170 Å². The number of phenolic OH excluding ortho intramolecular Hbond substituents is 1. The number of amides is 2. The molecule has 1 heterocycles. The summed E-state index contributed by atoms with van der Waals surface area (Å²) in [7, 11) is 0. The fourth-order valence-corrected chi connectivity index (χ4v) is 3.11. The number of carboxylic acids is 2. The number of likely N-dealkylation sites (tertiary alicyclic amines) is 1.